The molecule has 0 saturated heterocycles. The van der Waals surface area contributed by atoms with E-state index in [-0.39, 0.29) is 11.7 Å². The summed E-state index contributed by atoms with van der Waals surface area (Å²) in [5, 5.41) is 0. The minimum atomic E-state index is 0.109. The van der Waals surface area contributed by atoms with Gasteiger partial charge in [-0.2, -0.15) is 0 Å². The average Bonchev–Trinajstić information content (AvgIpc) is 2.48. The molecule has 0 atom stereocenters. The third-order valence-corrected chi connectivity index (χ3v) is 3.37. The summed E-state index contributed by atoms with van der Waals surface area (Å²) in [6, 6.07) is 9.37. The topological polar surface area (TPSA) is 40.6 Å². The van der Waals surface area contributed by atoms with Gasteiger partial charge in [0.15, 0.2) is 5.78 Å². The summed E-state index contributed by atoms with van der Waals surface area (Å²) < 4.78 is 0. The Hall–Kier alpha value is -1.68. The van der Waals surface area contributed by atoms with Gasteiger partial charge in [0.05, 0.1) is 6.54 Å². The van der Waals surface area contributed by atoms with Crippen molar-refractivity contribution in [3.05, 3.63) is 35.9 Å². The highest BCUT2D eigenvalue weighted by Gasteiger charge is 2.12. The highest BCUT2D eigenvalue weighted by Crippen LogP contribution is 2.06. The molecule has 1 aromatic rings. The van der Waals surface area contributed by atoms with Crippen LogP contribution in [0, 0.1) is 0 Å². The summed E-state index contributed by atoms with van der Waals surface area (Å²) in [5.74, 6) is 0.281. The standard InChI is InChI=1S/C17H26N2O2/c1-4-12-19(14-17(21)18(2)3)13-8-11-16(20)15-9-6-5-7-10-15/h5-7,9-10H,4,8,11-14H2,1-3H3. The summed E-state index contributed by atoms with van der Waals surface area (Å²) in [6.45, 7) is 4.20. The molecule has 0 saturated carbocycles. The zero-order valence-corrected chi connectivity index (χ0v) is 13.3. The zero-order chi connectivity index (χ0) is 15.7. The second-order valence-corrected chi connectivity index (χ2v) is 5.46. The summed E-state index contributed by atoms with van der Waals surface area (Å²) in [5.41, 5.74) is 0.768. The van der Waals surface area contributed by atoms with Crippen molar-refractivity contribution in [1.29, 1.82) is 0 Å². The normalized spacial score (nSPS) is 10.7. The first-order chi connectivity index (χ1) is 10.0. The molecule has 1 aromatic carbocycles. The monoisotopic (exact) mass is 290 g/mol. The highest BCUT2D eigenvalue weighted by molar-refractivity contribution is 5.95. The summed E-state index contributed by atoms with van der Waals surface area (Å²) in [4.78, 5) is 27.5. The first kappa shape index (κ1) is 17.4. The number of hydrogen-bond donors (Lipinski definition) is 0. The Kier molecular flexibility index (Phi) is 7.69. The summed E-state index contributed by atoms with van der Waals surface area (Å²) in [7, 11) is 3.54. The molecule has 0 aliphatic carbocycles. The molecule has 0 fully saturated rings. The molecule has 0 unspecified atom stereocenters. The predicted octanol–water partition coefficient (Wildman–Crippen LogP) is 2.45. The van der Waals surface area contributed by atoms with E-state index < -0.39 is 0 Å². The van der Waals surface area contributed by atoms with Crippen molar-refractivity contribution in [2.75, 3.05) is 33.7 Å². The van der Waals surface area contributed by atoms with E-state index in [1.807, 2.05) is 30.3 Å². The van der Waals surface area contributed by atoms with Crippen LogP contribution in [0.15, 0.2) is 30.3 Å². The number of carbonyl (C=O) groups is 2. The predicted molar refractivity (Wildman–Crippen MR) is 85.4 cm³/mol. The lowest BCUT2D eigenvalue weighted by Crippen LogP contribution is -2.37. The molecule has 0 heterocycles. The van der Waals surface area contributed by atoms with Gasteiger partial charge in [-0.25, -0.2) is 0 Å². The van der Waals surface area contributed by atoms with Crippen molar-refractivity contribution in [2.45, 2.75) is 26.2 Å². The van der Waals surface area contributed by atoms with Gasteiger partial charge in [-0.15, -0.1) is 0 Å². The zero-order valence-electron chi connectivity index (χ0n) is 13.3. The quantitative estimate of drug-likeness (QED) is 0.656. The summed E-state index contributed by atoms with van der Waals surface area (Å²) in [6.07, 6.45) is 2.32. The molecule has 0 spiro atoms. The van der Waals surface area contributed by atoms with Crippen LogP contribution in [0.5, 0.6) is 0 Å². The largest absolute Gasteiger partial charge is 0.348 e. The number of Topliss-reactive ketones (excluding diaryl/α,β-unsaturated/α-hetero) is 1. The Balaban J connectivity index is 2.39. The van der Waals surface area contributed by atoms with Gasteiger partial charge in [-0.05, 0) is 25.9 Å². The Morgan fingerprint density at radius 2 is 1.71 bits per heavy atom. The van der Waals surface area contributed by atoms with Gasteiger partial charge in [0.25, 0.3) is 0 Å². The van der Waals surface area contributed by atoms with Gasteiger partial charge in [0.2, 0.25) is 5.91 Å². The minimum absolute atomic E-state index is 0.109. The Morgan fingerprint density at radius 1 is 1.05 bits per heavy atom. The first-order valence-electron chi connectivity index (χ1n) is 7.55. The Labute approximate surface area is 127 Å². The van der Waals surface area contributed by atoms with E-state index in [2.05, 4.69) is 11.8 Å². The molecular weight excluding hydrogens is 264 g/mol. The number of ketones is 1. The lowest BCUT2D eigenvalue weighted by atomic mass is 10.1. The molecule has 0 aliphatic rings. The van der Waals surface area contributed by atoms with E-state index in [1.165, 1.54) is 0 Å². The fraction of sp³-hybridized carbons (Fsp3) is 0.529. The molecule has 0 aromatic heterocycles. The third kappa shape index (κ3) is 6.54. The van der Waals surface area contributed by atoms with Gasteiger partial charge < -0.3 is 4.90 Å². The van der Waals surface area contributed by atoms with Gasteiger partial charge in [-0.3, -0.25) is 14.5 Å². The molecule has 0 aliphatic heterocycles. The fourth-order valence-corrected chi connectivity index (χ4v) is 2.15. The Morgan fingerprint density at radius 3 is 2.29 bits per heavy atom. The van der Waals surface area contributed by atoms with Crippen molar-refractivity contribution in [3.63, 3.8) is 0 Å². The number of carbonyl (C=O) groups excluding carboxylic acids is 2. The number of rotatable bonds is 9. The van der Waals surface area contributed by atoms with Crippen LogP contribution in [0.25, 0.3) is 0 Å². The Bertz CT molecular complexity index is 443. The van der Waals surface area contributed by atoms with Crippen molar-refractivity contribution >= 4 is 11.7 Å². The molecule has 1 rings (SSSR count). The maximum Gasteiger partial charge on any atom is 0.236 e. The number of nitrogens with zero attached hydrogens (tertiary/aromatic N) is 2. The first-order valence-corrected chi connectivity index (χ1v) is 7.55. The van der Waals surface area contributed by atoms with Gasteiger partial charge in [0, 0.05) is 26.1 Å². The van der Waals surface area contributed by atoms with Crippen LogP contribution in [0.4, 0.5) is 0 Å². The average molecular weight is 290 g/mol. The molecule has 116 valence electrons. The van der Waals surface area contributed by atoms with Crippen LogP contribution >= 0.6 is 0 Å². The van der Waals surface area contributed by atoms with Crippen LogP contribution in [-0.4, -0.2) is 55.2 Å². The molecule has 1 amide bonds. The van der Waals surface area contributed by atoms with E-state index in [1.54, 1.807) is 19.0 Å². The SMILES string of the molecule is CCCN(CCCC(=O)c1ccccc1)CC(=O)N(C)C. The fourth-order valence-electron chi connectivity index (χ4n) is 2.15. The summed E-state index contributed by atoms with van der Waals surface area (Å²) >= 11 is 0. The van der Waals surface area contributed by atoms with E-state index in [4.69, 9.17) is 0 Å². The smallest absolute Gasteiger partial charge is 0.236 e. The van der Waals surface area contributed by atoms with Crippen molar-refractivity contribution in [3.8, 4) is 0 Å². The van der Waals surface area contributed by atoms with Crippen LogP contribution < -0.4 is 0 Å². The van der Waals surface area contributed by atoms with Crippen LogP contribution in [-0.2, 0) is 4.79 Å². The van der Waals surface area contributed by atoms with Gasteiger partial charge >= 0.3 is 0 Å². The number of benzene rings is 1. The minimum Gasteiger partial charge on any atom is -0.348 e. The van der Waals surface area contributed by atoms with E-state index in [0.717, 1.165) is 31.5 Å². The number of amides is 1. The van der Waals surface area contributed by atoms with Crippen molar-refractivity contribution in [1.82, 2.24) is 9.80 Å². The van der Waals surface area contributed by atoms with Crippen LogP contribution in [0.1, 0.15) is 36.5 Å². The second kappa shape index (κ2) is 9.29. The molecule has 0 bridgehead atoms. The third-order valence-electron chi connectivity index (χ3n) is 3.37. The van der Waals surface area contributed by atoms with Crippen LogP contribution in [0.2, 0.25) is 0 Å². The van der Waals surface area contributed by atoms with Gasteiger partial charge in [-0.1, -0.05) is 37.3 Å². The molecule has 21 heavy (non-hydrogen) atoms. The lowest BCUT2D eigenvalue weighted by molar-refractivity contribution is -0.129. The van der Waals surface area contributed by atoms with E-state index in [0.29, 0.717) is 13.0 Å². The number of likely N-dealkylation sites (N-methyl/N-ethyl adjacent to an activating group) is 1. The molecule has 4 heteroatoms. The van der Waals surface area contributed by atoms with E-state index >= 15 is 0 Å². The maximum absolute atomic E-state index is 12.0. The maximum atomic E-state index is 12.0. The number of hydrogen-bond acceptors (Lipinski definition) is 3. The van der Waals surface area contributed by atoms with Crippen molar-refractivity contribution < 1.29 is 9.59 Å². The van der Waals surface area contributed by atoms with Crippen molar-refractivity contribution in [2.24, 2.45) is 0 Å². The van der Waals surface area contributed by atoms with Crippen LogP contribution in [0.3, 0.4) is 0 Å². The molecular formula is C17H26N2O2. The van der Waals surface area contributed by atoms with Gasteiger partial charge in [0.1, 0.15) is 0 Å². The second-order valence-electron chi connectivity index (χ2n) is 5.46. The molecule has 0 N–H and O–H groups in total. The van der Waals surface area contributed by atoms with E-state index in [9.17, 15) is 9.59 Å². The lowest BCUT2D eigenvalue weighted by Gasteiger charge is -2.22. The molecule has 0 radical (unpaired) electrons. The highest BCUT2D eigenvalue weighted by atomic mass is 16.2. The molecule has 4 nitrogen and oxygen atoms in total.